The molecule has 8 rings (SSSR count). The first-order chi connectivity index (χ1) is 22.6. The van der Waals surface area contributed by atoms with Crippen molar-refractivity contribution in [2.24, 2.45) is 0 Å². The number of rotatable bonds is 5. The van der Waals surface area contributed by atoms with Gasteiger partial charge in [-0.2, -0.15) is 0 Å². The fourth-order valence-corrected chi connectivity index (χ4v) is 7.61. The van der Waals surface area contributed by atoms with Gasteiger partial charge in [-0.1, -0.05) is 119 Å². The molecule has 0 spiro atoms. The third-order valence-electron chi connectivity index (χ3n) is 8.91. The van der Waals surface area contributed by atoms with Crippen LogP contribution in [0.4, 0.5) is 0 Å². The van der Waals surface area contributed by atoms with Gasteiger partial charge in [0.2, 0.25) is 0 Å². The van der Waals surface area contributed by atoms with Crippen LogP contribution in [0, 0.1) is 13.8 Å². The minimum absolute atomic E-state index is 0. The van der Waals surface area contributed by atoms with E-state index in [0.29, 0.717) is 0 Å². The maximum absolute atomic E-state index is 2.42. The SMILES string of the molecule is Cc1ccc2c(c1)[cH-]c1c(C3=CC=CC3)c(C)c(-c3ccccc3)c(-c3ccccc3)c12.[Cl-].[Cl-].[Zr+2]=[C](c1ccccc1)c1ccccc1. The van der Waals surface area contributed by atoms with Gasteiger partial charge in [-0.3, -0.25) is 0 Å². The average Bonchev–Trinajstić information content (AvgIpc) is 3.77. The van der Waals surface area contributed by atoms with Gasteiger partial charge >= 0.3 is 99.2 Å². The monoisotopic (exact) mass is 735 g/mol. The molecular formula is C45H35Cl2Zr-. The summed E-state index contributed by atoms with van der Waals surface area (Å²) in [4.78, 5) is 0. The molecule has 48 heavy (non-hydrogen) atoms. The summed E-state index contributed by atoms with van der Waals surface area (Å²) in [5, 5.41) is 5.42. The molecule has 0 aromatic heterocycles. The molecule has 0 N–H and O–H groups in total. The number of aryl methyl sites for hydroxylation is 1. The molecule has 0 nitrogen and oxygen atoms in total. The Balaban J connectivity index is 0.000000239. The van der Waals surface area contributed by atoms with Gasteiger partial charge in [0.25, 0.3) is 0 Å². The summed E-state index contributed by atoms with van der Waals surface area (Å²) in [6.45, 7) is 4.49. The zero-order chi connectivity index (χ0) is 31.5. The van der Waals surface area contributed by atoms with Crippen LogP contribution in [0.15, 0.2) is 164 Å². The molecule has 0 fully saturated rings. The topological polar surface area (TPSA) is 0 Å². The summed E-state index contributed by atoms with van der Waals surface area (Å²) in [6, 6.07) is 52.2. The fourth-order valence-electron chi connectivity index (χ4n) is 6.79. The first-order valence-corrected chi connectivity index (χ1v) is 17.2. The minimum atomic E-state index is 0. The zero-order valence-electron chi connectivity index (χ0n) is 27.1. The maximum atomic E-state index is 2.42. The number of benzene rings is 6. The average molecular weight is 738 g/mol. The van der Waals surface area contributed by atoms with Gasteiger partial charge in [-0.15, -0.1) is 28.3 Å². The van der Waals surface area contributed by atoms with Gasteiger partial charge in [0.05, 0.1) is 0 Å². The van der Waals surface area contributed by atoms with E-state index in [1.54, 1.807) is 0 Å². The van der Waals surface area contributed by atoms with Gasteiger partial charge in [0.1, 0.15) is 0 Å². The van der Waals surface area contributed by atoms with Crippen molar-refractivity contribution < 1.29 is 49.0 Å². The van der Waals surface area contributed by atoms with Gasteiger partial charge in [0.15, 0.2) is 0 Å². The molecule has 1 aliphatic rings. The van der Waals surface area contributed by atoms with E-state index in [1.807, 2.05) is 0 Å². The van der Waals surface area contributed by atoms with Gasteiger partial charge in [-0.25, -0.2) is 0 Å². The Bertz CT molecular complexity index is 2190. The van der Waals surface area contributed by atoms with Crippen LogP contribution in [-0.2, 0) is 24.2 Å². The van der Waals surface area contributed by atoms with E-state index in [-0.39, 0.29) is 24.8 Å². The van der Waals surface area contributed by atoms with Crippen LogP contribution in [0.3, 0.4) is 0 Å². The second-order valence-corrected chi connectivity index (χ2v) is 13.2. The number of allylic oxidation sites excluding steroid dienone is 4. The van der Waals surface area contributed by atoms with Crippen LogP contribution < -0.4 is 24.8 Å². The Labute approximate surface area is 311 Å². The molecule has 0 radical (unpaired) electrons. The van der Waals surface area contributed by atoms with E-state index in [4.69, 9.17) is 0 Å². The van der Waals surface area contributed by atoms with Gasteiger partial charge in [0, 0.05) is 0 Å². The summed E-state index contributed by atoms with van der Waals surface area (Å²) >= 11 is 1.46. The summed E-state index contributed by atoms with van der Waals surface area (Å²) in [5.74, 6) is 0. The van der Waals surface area contributed by atoms with Gasteiger partial charge in [-0.05, 0) is 42.5 Å². The summed E-state index contributed by atoms with van der Waals surface area (Å²) in [7, 11) is 0. The Morgan fingerprint density at radius 2 is 1.12 bits per heavy atom. The molecule has 0 saturated carbocycles. The number of fused-ring (bicyclic) bond motifs is 3. The molecule has 0 amide bonds. The molecule has 0 heterocycles. The van der Waals surface area contributed by atoms with Crippen molar-refractivity contribution in [3.05, 3.63) is 192 Å². The van der Waals surface area contributed by atoms with Crippen LogP contribution in [0.5, 0.6) is 0 Å². The van der Waals surface area contributed by atoms with E-state index in [9.17, 15) is 0 Å². The molecule has 0 saturated heterocycles. The molecule has 3 heteroatoms. The van der Waals surface area contributed by atoms with E-state index in [0.717, 1.165) is 6.42 Å². The van der Waals surface area contributed by atoms with Crippen LogP contribution in [0.2, 0.25) is 0 Å². The molecule has 0 atom stereocenters. The molecule has 7 aromatic rings. The van der Waals surface area contributed by atoms with Crippen molar-refractivity contribution in [2.75, 3.05) is 0 Å². The Morgan fingerprint density at radius 3 is 1.65 bits per heavy atom. The molecule has 0 aliphatic heterocycles. The molecule has 1 aliphatic carbocycles. The number of hydrogen-bond acceptors (Lipinski definition) is 0. The van der Waals surface area contributed by atoms with Crippen molar-refractivity contribution in [2.45, 2.75) is 20.3 Å². The van der Waals surface area contributed by atoms with Crippen molar-refractivity contribution in [3.63, 3.8) is 0 Å². The second-order valence-electron chi connectivity index (χ2n) is 11.9. The zero-order valence-corrected chi connectivity index (χ0v) is 31.0. The van der Waals surface area contributed by atoms with Crippen molar-refractivity contribution in [3.8, 4) is 22.3 Å². The van der Waals surface area contributed by atoms with E-state index in [1.165, 1.54) is 105 Å². The predicted molar refractivity (Wildman–Crippen MR) is 195 cm³/mol. The Kier molecular flexibility index (Phi) is 11.7. The predicted octanol–water partition coefficient (Wildman–Crippen LogP) is 5.82. The van der Waals surface area contributed by atoms with E-state index in [2.05, 4.69) is 178 Å². The van der Waals surface area contributed by atoms with Gasteiger partial charge < -0.3 is 24.8 Å². The molecule has 0 bridgehead atoms. The standard InChI is InChI=1S/C32H25.C13H10.2ClH.Zr/c1-21-17-18-27-26(19-21)20-28-29(23-15-9-10-16-23)22(2)30(24-11-5-3-6-12-24)31(32(27)28)25-13-7-4-8-14-25;1-3-7-12(8-4-1)11-13-9-5-2-6-10-13;;;/h3-15,17-20H,16H2,1-2H3;1-10H;2*1H;/q-1;;;;+2/p-2. The summed E-state index contributed by atoms with van der Waals surface area (Å²) in [5.41, 5.74) is 13.4. The third-order valence-corrected chi connectivity index (χ3v) is 10.3. The fraction of sp³-hybridized carbons (Fsp3) is 0.0667. The molecule has 0 unspecified atom stereocenters. The van der Waals surface area contributed by atoms with Crippen LogP contribution >= 0.6 is 0 Å². The van der Waals surface area contributed by atoms with E-state index >= 15 is 0 Å². The van der Waals surface area contributed by atoms with Crippen LogP contribution in [0.1, 0.15) is 34.2 Å². The number of hydrogen-bond donors (Lipinski definition) is 0. The first kappa shape index (κ1) is 35.3. The molecule has 234 valence electrons. The molecule has 7 aromatic carbocycles. The number of halogens is 2. The van der Waals surface area contributed by atoms with Crippen molar-refractivity contribution >= 4 is 30.3 Å². The second kappa shape index (κ2) is 15.9. The quantitative estimate of drug-likeness (QED) is 0.196. The van der Waals surface area contributed by atoms with E-state index < -0.39 is 0 Å². The van der Waals surface area contributed by atoms with Crippen LogP contribution in [0.25, 0.3) is 49.4 Å². The Morgan fingerprint density at radius 1 is 0.604 bits per heavy atom. The Hall–Kier alpha value is -4.00. The normalized spacial score (nSPS) is 11.7. The first-order valence-electron chi connectivity index (χ1n) is 15.9. The van der Waals surface area contributed by atoms with Crippen molar-refractivity contribution in [1.29, 1.82) is 0 Å². The van der Waals surface area contributed by atoms with Crippen LogP contribution in [-0.4, -0.2) is 3.21 Å². The summed E-state index contributed by atoms with van der Waals surface area (Å²) < 4.78 is 1.42. The molecular weight excluding hydrogens is 703 g/mol. The van der Waals surface area contributed by atoms with Crippen molar-refractivity contribution in [1.82, 2.24) is 0 Å². The summed E-state index contributed by atoms with van der Waals surface area (Å²) in [6.07, 6.45) is 7.75. The third kappa shape index (κ3) is 7.06.